The summed E-state index contributed by atoms with van der Waals surface area (Å²) < 4.78 is 2.18. The maximum Gasteiger partial charge on any atom is 0.336 e. The second-order valence-corrected chi connectivity index (χ2v) is 6.52. The summed E-state index contributed by atoms with van der Waals surface area (Å²) in [6, 6.07) is 14.3. The van der Waals surface area contributed by atoms with Crippen LogP contribution in [0.4, 0.5) is 0 Å². The molecule has 3 rings (SSSR count). The SMILES string of the molecule is CCCCCn1c(C)c(C(=O)c2ccccc2C(=O)O)c2ccccc21. The molecule has 26 heavy (non-hydrogen) atoms. The number of carboxylic acid groups (broad SMARTS) is 1. The lowest BCUT2D eigenvalue weighted by molar-refractivity contribution is 0.0693. The fourth-order valence-electron chi connectivity index (χ4n) is 3.53. The number of carbonyl (C=O) groups is 2. The molecule has 0 unspecified atom stereocenters. The molecule has 0 fully saturated rings. The van der Waals surface area contributed by atoms with Crippen LogP contribution in [0.2, 0.25) is 0 Å². The molecule has 0 bridgehead atoms. The Labute approximate surface area is 153 Å². The summed E-state index contributed by atoms with van der Waals surface area (Å²) in [5.74, 6) is -1.32. The molecule has 4 nitrogen and oxygen atoms in total. The van der Waals surface area contributed by atoms with E-state index in [0.29, 0.717) is 5.56 Å². The first-order chi connectivity index (χ1) is 12.6. The highest BCUT2D eigenvalue weighted by Crippen LogP contribution is 2.29. The number of carbonyl (C=O) groups excluding carboxylic acids is 1. The average molecular weight is 349 g/mol. The van der Waals surface area contributed by atoms with Gasteiger partial charge in [-0.15, -0.1) is 0 Å². The van der Waals surface area contributed by atoms with E-state index in [2.05, 4.69) is 11.5 Å². The van der Waals surface area contributed by atoms with Gasteiger partial charge >= 0.3 is 5.97 Å². The standard InChI is InChI=1S/C22H23NO3/c1-3-4-9-14-23-15(2)20(18-12-7-8-13-19(18)23)21(24)16-10-5-6-11-17(16)22(25)26/h5-8,10-13H,3-4,9,14H2,1-2H3,(H,25,26). The number of para-hydroxylation sites is 1. The Kier molecular flexibility index (Phi) is 5.21. The number of ketones is 1. The predicted molar refractivity (Wildman–Crippen MR) is 103 cm³/mol. The number of hydrogen-bond donors (Lipinski definition) is 1. The number of hydrogen-bond acceptors (Lipinski definition) is 2. The zero-order valence-electron chi connectivity index (χ0n) is 15.2. The third-order valence-electron chi connectivity index (χ3n) is 4.85. The lowest BCUT2D eigenvalue weighted by Crippen LogP contribution is -2.11. The van der Waals surface area contributed by atoms with E-state index in [9.17, 15) is 14.7 Å². The van der Waals surface area contributed by atoms with E-state index >= 15 is 0 Å². The van der Waals surface area contributed by atoms with Gasteiger partial charge in [-0.2, -0.15) is 0 Å². The van der Waals surface area contributed by atoms with Gasteiger partial charge in [0.25, 0.3) is 0 Å². The molecule has 0 atom stereocenters. The van der Waals surface area contributed by atoms with Gasteiger partial charge in [-0.3, -0.25) is 4.79 Å². The van der Waals surface area contributed by atoms with E-state index in [1.807, 2.05) is 31.2 Å². The Morgan fingerprint density at radius 3 is 2.31 bits per heavy atom. The first-order valence-corrected chi connectivity index (χ1v) is 9.01. The second kappa shape index (κ2) is 7.56. The van der Waals surface area contributed by atoms with Crippen molar-refractivity contribution in [1.29, 1.82) is 0 Å². The van der Waals surface area contributed by atoms with Gasteiger partial charge in [0, 0.05) is 28.7 Å². The fraction of sp³-hybridized carbons (Fsp3) is 0.273. The lowest BCUT2D eigenvalue weighted by atomic mass is 9.96. The van der Waals surface area contributed by atoms with Crippen molar-refractivity contribution in [3.05, 3.63) is 70.9 Å². The highest BCUT2D eigenvalue weighted by atomic mass is 16.4. The molecule has 1 N–H and O–H groups in total. The Morgan fingerprint density at radius 1 is 0.962 bits per heavy atom. The van der Waals surface area contributed by atoms with Gasteiger partial charge in [-0.05, 0) is 25.5 Å². The van der Waals surface area contributed by atoms with E-state index < -0.39 is 5.97 Å². The van der Waals surface area contributed by atoms with Gasteiger partial charge in [0.2, 0.25) is 0 Å². The largest absolute Gasteiger partial charge is 0.478 e. The number of carboxylic acids is 1. The van der Waals surface area contributed by atoms with Crippen LogP contribution >= 0.6 is 0 Å². The van der Waals surface area contributed by atoms with Gasteiger partial charge in [-0.1, -0.05) is 56.2 Å². The summed E-state index contributed by atoms with van der Waals surface area (Å²) in [7, 11) is 0. The Bertz CT molecular complexity index is 969. The van der Waals surface area contributed by atoms with Crippen molar-refractivity contribution in [3.63, 3.8) is 0 Å². The van der Waals surface area contributed by atoms with E-state index in [1.54, 1.807) is 18.2 Å². The number of aromatic carboxylic acids is 1. The Morgan fingerprint density at radius 2 is 1.62 bits per heavy atom. The van der Waals surface area contributed by atoms with Gasteiger partial charge in [-0.25, -0.2) is 4.79 Å². The molecule has 0 amide bonds. The van der Waals surface area contributed by atoms with Crippen LogP contribution in [0.15, 0.2) is 48.5 Å². The molecule has 1 heterocycles. The summed E-state index contributed by atoms with van der Waals surface area (Å²) in [5, 5.41) is 10.3. The van der Waals surface area contributed by atoms with Crippen molar-refractivity contribution in [2.24, 2.45) is 0 Å². The van der Waals surface area contributed by atoms with E-state index in [1.165, 1.54) is 6.07 Å². The average Bonchev–Trinajstić information content (AvgIpc) is 2.93. The molecule has 0 spiro atoms. The summed E-state index contributed by atoms with van der Waals surface area (Å²) in [4.78, 5) is 24.8. The molecular formula is C22H23NO3. The Balaban J connectivity index is 2.15. The van der Waals surface area contributed by atoms with E-state index in [0.717, 1.165) is 42.4 Å². The van der Waals surface area contributed by atoms with Crippen molar-refractivity contribution in [3.8, 4) is 0 Å². The third kappa shape index (κ3) is 3.15. The third-order valence-corrected chi connectivity index (χ3v) is 4.85. The number of nitrogens with zero attached hydrogens (tertiary/aromatic N) is 1. The van der Waals surface area contributed by atoms with Crippen molar-refractivity contribution in [2.75, 3.05) is 0 Å². The van der Waals surface area contributed by atoms with Crippen LogP contribution in [-0.4, -0.2) is 21.4 Å². The summed E-state index contributed by atoms with van der Waals surface area (Å²) in [6.45, 7) is 4.97. The molecule has 0 saturated carbocycles. The first-order valence-electron chi connectivity index (χ1n) is 9.01. The lowest BCUT2D eigenvalue weighted by Gasteiger charge is -2.09. The minimum atomic E-state index is -1.08. The zero-order chi connectivity index (χ0) is 18.7. The molecule has 3 aromatic rings. The van der Waals surface area contributed by atoms with Crippen molar-refractivity contribution in [1.82, 2.24) is 4.57 Å². The molecule has 4 heteroatoms. The molecule has 0 aliphatic rings. The Hall–Kier alpha value is -2.88. The van der Waals surface area contributed by atoms with Crippen molar-refractivity contribution < 1.29 is 14.7 Å². The monoisotopic (exact) mass is 349 g/mol. The number of rotatable bonds is 7. The highest BCUT2D eigenvalue weighted by Gasteiger charge is 2.24. The number of aryl methyl sites for hydroxylation is 1. The molecule has 134 valence electrons. The smallest absolute Gasteiger partial charge is 0.336 e. The number of aromatic nitrogens is 1. The van der Waals surface area contributed by atoms with Crippen LogP contribution in [0.1, 0.15) is 58.2 Å². The van der Waals surface area contributed by atoms with Gasteiger partial charge in [0.15, 0.2) is 5.78 Å². The summed E-state index contributed by atoms with van der Waals surface area (Å²) in [5.41, 5.74) is 2.80. The van der Waals surface area contributed by atoms with Crippen molar-refractivity contribution >= 4 is 22.7 Å². The van der Waals surface area contributed by atoms with Crippen LogP contribution in [0.3, 0.4) is 0 Å². The van der Waals surface area contributed by atoms with Crippen molar-refractivity contribution in [2.45, 2.75) is 39.7 Å². The van der Waals surface area contributed by atoms with Gasteiger partial charge < -0.3 is 9.67 Å². The fourth-order valence-corrected chi connectivity index (χ4v) is 3.53. The minimum absolute atomic E-state index is 0.0414. The highest BCUT2D eigenvalue weighted by molar-refractivity contribution is 6.20. The predicted octanol–water partition coefficient (Wildman–Crippen LogP) is 5.07. The van der Waals surface area contributed by atoms with Crippen LogP contribution in [0.25, 0.3) is 10.9 Å². The van der Waals surface area contributed by atoms with Gasteiger partial charge in [0.1, 0.15) is 0 Å². The van der Waals surface area contributed by atoms with Crippen LogP contribution in [0, 0.1) is 6.92 Å². The van der Waals surface area contributed by atoms with E-state index in [-0.39, 0.29) is 16.9 Å². The van der Waals surface area contributed by atoms with E-state index in [4.69, 9.17) is 0 Å². The maximum atomic E-state index is 13.3. The molecular weight excluding hydrogens is 326 g/mol. The molecule has 0 aliphatic heterocycles. The van der Waals surface area contributed by atoms with Crippen LogP contribution in [0.5, 0.6) is 0 Å². The number of benzene rings is 2. The molecule has 0 saturated heterocycles. The second-order valence-electron chi connectivity index (χ2n) is 6.52. The number of unbranched alkanes of at least 4 members (excludes halogenated alkanes) is 2. The maximum absolute atomic E-state index is 13.3. The minimum Gasteiger partial charge on any atom is -0.478 e. The molecule has 0 radical (unpaired) electrons. The number of fused-ring (bicyclic) bond motifs is 1. The van der Waals surface area contributed by atoms with Crippen LogP contribution in [-0.2, 0) is 6.54 Å². The van der Waals surface area contributed by atoms with Gasteiger partial charge in [0.05, 0.1) is 11.1 Å². The normalized spacial score (nSPS) is 11.0. The molecule has 2 aromatic carbocycles. The quantitative estimate of drug-likeness (QED) is 0.478. The molecule has 1 aromatic heterocycles. The topological polar surface area (TPSA) is 59.3 Å². The van der Waals surface area contributed by atoms with Crippen LogP contribution < -0.4 is 0 Å². The first kappa shape index (κ1) is 17.9. The molecule has 0 aliphatic carbocycles. The summed E-state index contributed by atoms with van der Waals surface area (Å²) in [6.07, 6.45) is 3.32. The zero-order valence-corrected chi connectivity index (χ0v) is 15.2. The summed E-state index contributed by atoms with van der Waals surface area (Å²) >= 11 is 0.